The molecule has 0 saturated heterocycles. The van der Waals surface area contributed by atoms with Crippen molar-refractivity contribution in [2.24, 2.45) is 5.92 Å². The molecular formula is C6H8F3NO3. The van der Waals surface area contributed by atoms with Gasteiger partial charge < -0.3 is 4.79 Å². The van der Waals surface area contributed by atoms with Crippen molar-refractivity contribution >= 4 is 5.78 Å². The Hall–Kier alpha value is -1.14. The second-order valence-electron chi connectivity index (χ2n) is 2.66. The number of hydrogen-bond acceptors (Lipinski definition) is 3. The third-order valence-corrected chi connectivity index (χ3v) is 1.37. The lowest BCUT2D eigenvalue weighted by Crippen LogP contribution is -2.31. The van der Waals surface area contributed by atoms with Crippen molar-refractivity contribution in [3.05, 3.63) is 10.1 Å². The van der Waals surface area contributed by atoms with E-state index in [0.29, 0.717) is 0 Å². The van der Waals surface area contributed by atoms with Crippen molar-refractivity contribution < 1.29 is 22.9 Å². The van der Waals surface area contributed by atoms with Gasteiger partial charge in [0.25, 0.3) is 0 Å². The smallest absolute Gasteiger partial charge is 0.300 e. The molecule has 0 aliphatic carbocycles. The fourth-order valence-electron chi connectivity index (χ4n) is 0.811. The Morgan fingerprint density at radius 1 is 1.54 bits per heavy atom. The van der Waals surface area contributed by atoms with Gasteiger partial charge in [-0.1, -0.05) is 0 Å². The third-order valence-electron chi connectivity index (χ3n) is 1.37. The highest BCUT2D eigenvalue weighted by Crippen LogP contribution is 2.28. The molecule has 0 spiro atoms. The van der Waals surface area contributed by atoms with Gasteiger partial charge in [-0.15, -0.1) is 0 Å². The molecule has 0 rings (SSSR count). The summed E-state index contributed by atoms with van der Waals surface area (Å²) in [6.45, 7) is -0.276. The number of rotatable bonds is 4. The summed E-state index contributed by atoms with van der Waals surface area (Å²) in [5.74, 6) is -2.87. The number of alkyl halides is 3. The minimum absolute atomic E-state index is 0.704. The molecular weight excluding hydrogens is 191 g/mol. The van der Waals surface area contributed by atoms with Crippen LogP contribution in [0.25, 0.3) is 0 Å². The molecule has 0 fully saturated rings. The average Bonchev–Trinajstić information content (AvgIpc) is 1.81. The highest BCUT2D eigenvalue weighted by Gasteiger charge is 2.43. The van der Waals surface area contributed by atoms with E-state index in [4.69, 9.17) is 0 Å². The lowest BCUT2D eigenvalue weighted by atomic mass is 10.0. The number of nitrogens with zero attached hydrogens (tertiary/aromatic N) is 1. The lowest BCUT2D eigenvalue weighted by Gasteiger charge is -2.14. The molecule has 0 aromatic carbocycles. The van der Waals surface area contributed by atoms with Crippen molar-refractivity contribution in [2.75, 3.05) is 6.54 Å². The van der Waals surface area contributed by atoms with Crippen LogP contribution in [0.3, 0.4) is 0 Å². The van der Waals surface area contributed by atoms with Gasteiger partial charge in [0.1, 0.15) is 11.7 Å². The first-order chi connectivity index (χ1) is 5.73. The maximum absolute atomic E-state index is 12.0. The number of Topliss-reactive ketones (excluding diaryl/α,β-unsaturated/α-hetero) is 1. The van der Waals surface area contributed by atoms with E-state index in [9.17, 15) is 28.1 Å². The minimum atomic E-state index is -4.68. The SMILES string of the molecule is CC(=O)CC(C[N+](=O)[O-])C(F)(F)F. The zero-order valence-corrected chi connectivity index (χ0v) is 6.80. The monoisotopic (exact) mass is 199 g/mol. The zero-order chi connectivity index (χ0) is 10.6. The van der Waals surface area contributed by atoms with E-state index >= 15 is 0 Å². The highest BCUT2D eigenvalue weighted by molar-refractivity contribution is 5.75. The van der Waals surface area contributed by atoms with Crippen molar-refractivity contribution in [3.8, 4) is 0 Å². The van der Waals surface area contributed by atoms with E-state index in [1.807, 2.05) is 0 Å². The van der Waals surface area contributed by atoms with Crippen molar-refractivity contribution in [1.29, 1.82) is 0 Å². The first kappa shape index (κ1) is 11.9. The van der Waals surface area contributed by atoms with Crippen LogP contribution in [0, 0.1) is 16.0 Å². The van der Waals surface area contributed by atoms with Crippen LogP contribution < -0.4 is 0 Å². The molecule has 0 aliphatic rings. The summed E-state index contributed by atoms with van der Waals surface area (Å²) in [5.41, 5.74) is 0. The largest absolute Gasteiger partial charge is 0.398 e. The molecule has 76 valence electrons. The average molecular weight is 199 g/mol. The lowest BCUT2D eigenvalue weighted by molar-refractivity contribution is -0.497. The molecule has 7 heteroatoms. The number of halogens is 3. The van der Waals surface area contributed by atoms with Gasteiger partial charge in [-0.2, -0.15) is 13.2 Å². The third kappa shape index (κ3) is 5.15. The first-order valence-electron chi connectivity index (χ1n) is 3.41. The zero-order valence-electron chi connectivity index (χ0n) is 6.80. The van der Waals surface area contributed by atoms with Gasteiger partial charge in [-0.05, 0) is 6.92 Å². The standard InChI is InChI=1S/C6H8F3NO3/c1-4(11)2-5(3-10(12)13)6(7,8)9/h5H,2-3H2,1H3. The predicted octanol–water partition coefficient (Wildman–Crippen LogP) is 1.42. The Bertz CT molecular complexity index is 198. The van der Waals surface area contributed by atoms with Crippen LogP contribution in [0.2, 0.25) is 0 Å². The molecule has 1 atom stereocenters. The summed E-state index contributed by atoms with van der Waals surface area (Å²) in [6.07, 6.45) is -5.51. The van der Waals surface area contributed by atoms with E-state index in [0.717, 1.165) is 6.92 Å². The Kier molecular flexibility index (Phi) is 3.83. The molecule has 13 heavy (non-hydrogen) atoms. The molecule has 0 saturated carbocycles. The molecule has 0 N–H and O–H groups in total. The van der Waals surface area contributed by atoms with Crippen LogP contribution in [0.4, 0.5) is 13.2 Å². The normalized spacial score (nSPS) is 13.8. The summed E-state index contributed by atoms with van der Waals surface area (Å²) in [7, 11) is 0. The van der Waals surface area contributed by atoms with Crippen LogP contribution in [0.1, 0.15) is 13.3 Å². The van der Waals surface area contributed by atoms with E-state index < -0.39 is 35.8 Å². The molecule has 1 unspecified atom stereocenters. The Morgan fingerprint density at radius 3 is 2.23 bits per heavy atom. The maximum Gasteiger partial charge on any atom is 0.398 e. The van der Waals surface area contributed by atoms with Crippen molar-refractivity contribution in [2.45, 2.75) is 19.5 Å². The number of ketones is 1. The molecule has 0 aliphatic heterocycles. The van der Waals surface area contributed by atoms with Gasteiger partial charge in [0, 0.05) is 11.3 Å². The van der Waals surface area contributed by atoms with Gasteiger partial charge in [-0.3, -0.25) is 10.1 Å². The van der Waals surface area contributed by atoms with Crippen LogP contribution in [-0.2, 0) is 4.79 Å². The Morgan fingerprint density at radius 2 is 2.00 bits per heavy atom. The fourth-order valence-corrected chi connectivity index (χ4v) is 0.811. The molecule has 0 aromatic heterocycles. The van der Waals surface area contributed by atoms with Crippen molar-refractivity contribution in [1.82, 2.24) is 0 Å². The van der Waals surface area contributed by atoms with E-state index in [-0.39, 0.29) is 0 Å². The summed E-state index contributed by atoms with van der Waals surface area (Å²) < 4.78 is 36.0. The Balaban J connectivity index is 4.37. The van der Waals surface area contributed by atoms with Gasteiger partial charge in [0.2, 0.25) is 6.54 Å². The van der Waals surface area contributed by atoms with E-state index in [2.05, 4.69) is 0 Å². The molecule has 0 radical (unpaired) electrons. The second kappa shape index (κ2) is 4.20. The Labute approximate surface area is 71.9 Å². The molecule has 0 bridgehead atoms. The minimum Gasteiger partial charge on any atom is -0.300 e. The van der Waals surface area contributed by atoms with Crippen LogP contribution in [0.5, 0.6) is 0 Å². The van der Waals surface area contributed by atoms with Crippen LogP contribution in [-0.4, -0.2) is 23.4 Å². The van der Waals surface area contributed by atoms with Crippen molar-refractivity contribution in [3.63, 3.8) is 0 Å². The molecule has 4 nitrogen and oxygen atoms in total. The predicted molar refractivity (Wildman–Crippen MR) is 36.7 cm³/mol. The first-order valence-corrected chi connectivity index (χ1v) is 3.41. The maximum atomic E-state index is 12.0. The topological polar surface area (TPSA) is 60.2 Å². The highest BCUT2D eigenvalue weighted by atomic mass is 19.4. The summed E-state index contributed by atoms with van der Waals surface area (Å²) >= 11 is 0. The van der Waals surface area contributed by atoms with Gasteiger partial charge >= 0.3 is 6.18 Å². The molecule has 0 amide bonds. The number of carbonyl (C=O) groups excluding carboxylic acids is 1. The van der Waals surface area contributed by atoms with E-state index in [1.54, 1.807) is 0 Å². The number of nitro groups is 1. The van der Waals surface area contributed by atoms with E-state index in [1.165, 1.54) is 0 Å². The van der Waals surface area contributed by atoms with Gasteiger partial charge in [-0.25, -0.2) is 0 Å². The molecule has 0 aromatic rings. The summed E-state index contributed by atoms with van der Waals surface area (Å²) in [4.78, 5) is 19.1. The quantitative estimate of drug-likeness (QED) is 0.508. The molecule has 0 heterocycles. The fraction of sp³-hybridized carbons (Fsp3) is 0.833. The van der Waals surface area contributed by atoms with Crippen LogP contribution in [0.15, 0.2) is 0 Å². The number of carbonyl (C=O) groups is 1. The second-order valence-corrected chi connectivity index (χ2v) is 2.66. The number of hydrogen-bond donors (Lipinski definition) is 0. The van der Waals surface area contributed by atoms with Gasteiger partial charge in [0.05, 0.1) is 0 Å². The summed E-state index contributed by atoms with van der Waals surface area (Å²) in [5, 5.41) is 9.83. The van der Waals surface area contributed by atoms with Crippen LogP contribution >= 0.6 is 0 Å². The summed E-state index contributed by atoms with van der Waals surface area (Å²) in [6, 6.07) is 0. The van der Waals surface area contributed by atoms with Gasteiger partial charge in [0.15, 0.2) is 0 Å².